The Hall–Kier alpha value is 2.78. The number of hydrogen-bond donors (Lipinski definition) is 6. The van der Waals surface area contributed by atoms with E-state index in [9.17, 15) is 33.9 Å². The molecule has 0 aromatic heterocycles. The average molecular weight is 510 g/mol. The van der Waals surface area contributed by atoms with Crippen LogP contribution in [-0.4, -0.2) is 255 Å². The van der Waals surface area contributed by atoms with Gasteiger partial charge < -0.3 is 35.4 Å². The van der Waals surface area contributed by atoms with Crippen LogP contribution < -0.4 is 0 Å². The molecule has 0 saturated carbocycles. The third-order valence-corrected chi connectivity index (χ3v) is 2.85. The van der Waals surface area contributed by atoms with E-state index in [-0.39, 0.29) is 177 Å². The Morgan fingerprint density at radius 3 is 1.10 bits per heavy atom. The van der Waals surface area contributed by atoms with E-state index in [0.29, 0.717) is 0 Å². The summed E-state index contributed by atoms with van der Waals surface area (Å²) in [7, 11) is 0. The molecule has 0 fully saturated rings. The van der Waals surface area contributed by atoms with E-state index in [1.54, 1.807) is 0 Å². The van der Waals surface area contributed by atoms with E-state index in [1.807, 2.05) is 0 Å². The van der Waals surface area contributed by atoms with Crippen molar-refractivity contribution in [3.63, 3.8) is 0 Å². The Labute approximate surface area is 308 Å². The number of carboxylic acid groups (broad SMARTS) is 5. The summed E-state index contributed by atoms with van der Waals surface area (Å²) in [5.41, 5.74) is -6.24. The molecule has 0 spiro atoms. The SMILES string of the molecule is O=C(O)CC(O)(CC(=O)OC(CC(=O)O)(CC(=O)O)C(=O)O)C(=O)O.[NaH].[NaH].[NaH].[NaH].[NaH].[NaH]. The van der Waals surface area contributed by atoms with Gasteiger partial charge in [0.25, 0.3) is 0 Å². The predicted molar refractivity (Wildman–Crippen MR) is 113 cm³/mol. The fourth-order valence-corrected chi connectivity index (χ4v) is 1.77. The van der Waals surface area contributed by atoms with Crippen molar-refractivity contribution >= 4 is 213 Å². The molecule has 0 rings (SSSR count). The summed E-state index contributed by atoms with van der Waals surface area (Å²) in [5, 5.41) is 53.5. The molecule has 0 aliphatic carbocycles. The van der Waals surface area contributed by atoms with Crippen molar-refractivity contribution in [1.29, 1.82) is 0 Å². The molecule has 1 unspecified atom stereocenters. The van der Waals surface area contributed by atoms with Gasteiger partial charge in [-0.3, -0.25) is 19.2 Å². The molecule has 31 heavy (non-hydrogen) atoms. The van der Waals surface area contributed by atoms with Crippen LogP contribution in [0, 0.1) is 0 Å². The van der Waals surface area contributed by atoms with E-state index in [0.717, 1.165) is 0 Å². The molecule has 152 valence electrons. The van der Waals surface area contributed by atoms with Crippen LogP contribution in [0.3, 0.4) is 0 Å². The summed E-state index contributed by atoms with van der Waals surface area (Å²) in [5.74, 6) is -11.6. The number of rotatable bonds is 11. The summed E-state index contributed by atoms with van der Waals surface area (Å²) in [6.45, 7) is 0. The minimum atomic E-state index is -3.17. The van der Waals surface area contributed by atoms with Crippen molar-refractivity contribution in [2.24, 2.45) is 0 Å². The molecule has 0 aliphatic rings. The number of aliphatic hydroxyl groups is 1. The van der Waals surface area contributed by atoms with Crippen LogP contribution in [0.4, 0.5) is 0 Å². The first-order valence-electron chi connectivity index (χ1n) is 6.30. The Bertz CT molecular complexity index is 612. The van der Waals surface area contributed by atoms with Crippen molar-refractivity contribution in [2.45, 2.75) is 36.9 Å². The van der Waals surface area contributed by atoms with Gasteiger partial charge in [0.05, 0.1) is 25.7 Å². The summed E-state index contributed by atoms with van der Waals surface area (Å²) in [6.07, 6.45) is -5.94. The second-order valence-electron chi connectivity index (χ2n) is 5.00. The van der Waals surface area contributed by atoms with Crippen molar-refractivity contribution in [1.82, 2.24) is 0 Å². The summed E-state index contributed by atoms with van der Waals surface area (Å²) >= 11 is 0. The molecular weight excluding hydrogens is 490 g/mol. The van der Waals surface area contributed by atoms with Crippen LogP contribution in [-0.2, 0) is 33.5 Å². The van der Waals surface area contributed by atoms with Gasteiger partial charge in [0, 0.05) is 0 Å². The monoisotopic (exact) mass is 510 g/mol. The van der Waals surface area contributed by atoms with E-state index < -0.39 is 72.7 Å². The second-order valence-corrected chi connectivity index (χ2v) is 5.00. The Morgan fingerprint density at radius 1 is 0.548 bits per heavy atom. The van der Waals surface area contributed by atoms with E-state index in [4.69, 9.17) is 25.5 Å². The molecular formula is C12H20Na6O13. The molecule has 0 aromatic rings. The number of hydrogen-bond acceptors (Lipinski definition) is 8. The Morgan fingerprint density at radius 2 is 0.871 bits per heavy atom. The van der Waals surface area contributed by atoms with Gasteiger partial charge in [0.15, 0.2) is 5.60 Å². The van der Waals surface area contributed by atoms with E-state index >= 15 is 0 Å². The van der Waals surface area contributed by atoms with Crippen molar-refractivity contribution in [3.05, 3.63) is 0 Å². The molecule has 19 heteroatoms. The summed E-state index contributed by atoms with van der Waals surface area (Å²) in [6, 6.07) is 0. The summed E-state index contributed by atoms with van der Waals surface area (Å²) in [4.78, 5) is 66.0. The molecule has 0 radical (unpaired) electrons. The van der Waals surface area contributed by atoms with Gasteiger partial charge in [-0.05, 0) is 0 Å². The van der Waals surface area contributed by atoms with Crippen LogP contribution in [0.15, 0.2) is 0 Å². The van der Waals surface area contributed by atoms with Gasteiger partial charge >= 0.3 is 213 Å². The molecule has 0 amide bonds. The van der Waals surface area contributed by atoms with Gasteiger partial charge in [-0.2, -0.15) is 0 Å². The predicted octanol–water partition coefficient (Wildman–Crippen LogP) is -5.91. The Kier molecular flexibility index (Phi) is 37.9. The maximum atomic E-state index is 11.7. The zero-order chi connectivity index (χ0) is 20.0. The van der Waals surface area contributed by atoms with E-state index in [1.165, 1.54) is 0 Å². The molecule has 13 nitrogen and oxygen atoms in total. The van der Waals surface area contributed by atoms with Gasteiger partial charge in [-0.1, -0.05) is 0 Å². The normalized spacial score (nSPS) is 10.7. The number of carbonyl (C=O) groups excluding carboxylic acids is 1. The standard InChI is InChI=1S/C12H14O13.6Na.6H/c13-5(14)1-11(24,9(20)21)4-8(19)25-12(10(22)23,2-6(15)16)3-7(17)18;;;;;;;;;;;;/h24H,1-4H2,(H,13,14)(H,15,16)(H,17,18)(H,20,21)(H,22,23);;;;;;;;;;;;. The topological polar surface area (TPSA) is 233 Å². The fraction of sp³-hybridized carbons (Fsp3) is 0.500. The summed E-state index contributed by atoms with van der Waals surface area (Å²) < 4.78 is 4.33. The quantitative estimate of drug-likeness (QED) is 0.112. The van der Waals surface area contributed by atoms with Gasteiger partial charge in [0.1, 0.15) is 0 Å². The number of esters is 1. The number of ether oxygens (including phenoxy) is 1. The van der Waals surface area contributed by atoms with Crippen molar-refractivity contribution in [3.8, 4) is 0 Å². The number of carbonyl (C=O) groups is 6. The van der Waals surface area contributed by atoms with Gasteiger partial charge in [-0.15, -0.1) is 0 Å². The van der Waals surface area contributed by atoms with Crippen LogP contribution in [0.2, 0.25) is 0 Å². The van der Waals surface area contributed by atoms with E-state index in [2.05, 4.69) is 4.74 Å². The first-order valence-corrected chi connectivity index (χ1v) is 6.30. The molecule has 0 heterocycles. The number of aliphatic carboxylic acids is 5. The van der Waals surface area contributed by atoms with Crippen LogP contribution in [0.5, 0.6) is 0 Å². The van der Waals surface area contributed by atoms with Gasteiger partial charge in [-0.25, -0.2) is 9.59 Å². The Balaban J connectivity index is -0.000000192. The first-order chi connectivity index (χ1) is 11.2. The maximum absolute atomic E-state index is 11.7. The second kappa shape index (κ2) is 23.2. The van der Waals surface area contributed by atoms with Crippen LogP contribution in [0.25, 0.3) is 0 Å². The zero-order valence-electron chi connectivity index (χ0n) is 12.4. The third-order valence-electron chi connectivity index (χ3n) is 2.85. The zero-order valence-corrected chi connectivity index (χ0v) is 12.4. The molecule has 0 aliphatic heterocycles. The van der Waals surface area contributed by atoms with Crippen molar-refractivity contribution < 1.29 is 64.1 Å². The first kappa shape index (κ1) is 50.6. The molecule has 0 aromatic carbocycles. The van der Waals surface area contributed by atoms with Crippen molar-refractivity contribution in [2.75, 3.05) is 0 Å². The fourth-order valence-electron chi connectivity index (χ4n) is 1.77. The third kappa shape index (κ3) is 19.6. The average Bonchev–Trinajstić information content (AvgIpc) is 2.34. The van der Waals surface area contributed by atoms with Crippen LogP contribution in [0.1, 0.15) is 25.7 Å². The molecule has 1 atom stereocenters. The molecule has 0 bridgehead atoms. The van der Waals surface area contributed by atoms with Gasteiger partial charge in [0.2, 0.25) is 5.60 Å². The molecule has 0 saturated heterocycles. The molecule has 6 N–H and O–H groups in total. The number of carboxylic acids is 5. The minimum absolute atomic E-state index is 0. The van der Waals surface area contributed by atoms with Crippen LogP contribution >= 0.6 is 0 Å².